The highest BCUT2D eigenvalue weighted by Crippen LogP contribution is 2.45. The Morgan fingerprint density at radius 3 is 2.73 bits per heavy atom. The SMILES string of the molecule is COc1ccc(NC(=O)[C@]23CCC(=O)N2c2ccccc2C(=O)N3Cc2ccco2)cc1Cl. The van der Waals surface area contributed by atoms with Crippen molar-refractivity contribution < 1.29 is 23.5 Å². The molecule has 0 saturated carbocycles. The second-order valence-corrected chi connectivity index (χ2v) is 8.24. The van der Waals surface area contributed by atoms with Gasteiger partial charge in [-0.25, -0.2) is 0 Å². The van der Waals surface area contributed by atoms with Gasteiger partial charge in [-0.2, -0.15) is 0 Å². The van der Waals surface area contributed by atoms with Crippen molar-refractivity contribution in [3.8, 4) is 5.75 Å². The lowest BCUT2D eigenvalue weighted by atomic mass is 9.95. The number of rotatable bonds is 5. The molecule has 0 spiro atoms. The first-order valence-electron chi connectivity index (χ1n) is 10.4. The van der Waals surface area contributed by atoms with Gasteiger partial charge in [-0.3, -0.25) is 24.2 Å². The molecule has 3 amide bonds. The van der Waals surface area contributed by atoms with Crippen LogP contribution in [0.2, 0.25) is 5.02 Å². The summed E-state index contributed by atoms with van der Waals surface area (Å²) < 4.78 is 10.6. The summed E-state index contributed by atoms with van der Waals surface area (Å²) in [4.78, 5) is 43.4. The van der Waals surface area contributed by atoms with E-state index in [1.54, 1.807) is 54.6 Å². The number of nitrogens with zero attached hydrogens (tertiary/aromatic N) is 2. The Hall–Kier alpha value is -3.78. The molecule has 2 aliphatic rings. The molecule has 3 aromatic rings. The number of hydrogen-bond acceptors (Lipinski definition) is 5. The van der Waals surface area contributed by atoms with Gasteiger partial charge in [0.1, 0.15) is 11.5 Å². The minimum atomic E-state index is -1.55. The predicted molar refractivity (Wildman–Crippen MR) is 121 cm³/mol. The molecule has 0 aliphatic carbocycles. The van der Waals surface area contributed by atoms with Crippen molar-refractivity contribution in [1.82, 2.24) is 4.90 Å². The Bertz CT molecular complexity index is 1260. The smallest absolute Gasteiger partial charge is 0.271 e. The summed E-state index contributed by atoms with van der Waals surface area (Å²) in [7, 11) is 1.50. The van der Waals surface area contributed by atoms with Crippen LogP contribution in [-0.2, 0) is 16.1 Å². The maximum atomic E-state index is 13.9. The van der Waals surface area contributed by atoms with E-state index in [0.29, 0.717) is 33.5 Å². The van der Waals surface area contributed by atoms with Crippen LogP contribution in [0.1, 0.15) is 29.0 Å². The summed E-state index contributed by atoms with van der Waals surface area (Å²) in [5.41, 5.74) is -0.357. The largest absolute Gasteiger partial charge is 0.495 e. The number of hydrogen-bond donors (Lipinski definition) is 1. The summed E-state index contributed by atoms with van der Waals surface area (Å²) in [5, 5.41) is 3.17. The number of furan rings is 1. The van der Waals surface area contributed by atoms with Gasteiger partial charge in [0, 0.05) is 18.5 Å². The van der Waals surface area contributed by atoms with Crippen LogP contribution in [-0.4, -0.2) is 35.4 Å². The highest BCUT2D eigenvalue weighted by molar-refractivity contribution is 6.32. The fourth-order valence-electron chi connectivity index (χ4n) is 4.54. The van der Waals surface area contributed by atoms with E-state index in [1.165, 1.54) is 23.2 Å². The quantitative estimate of drug-likeness (QED) is 0.613. The molecule has 3 heterocycles. The normalized spacial score (nSPS) is 19.3. The first-order valence-corrected chi connectivity index (χ1v) is 10.7. The van der Waals surface area contributed by atoms with Crippen molar-refractivity contribution in [1.29, 1.82) is 0 Å². The third-order valence-corrected chi connectivity index (χ3v) is 6.34. The molecule has 1 aromatic heterocycles. The average Bonchev–Trinajstić information content (AvgIpc) is 3.45. The number of fused-ring (bicyclic) bond motifs is 3. The van der Waals surface area contributed by atoms with E-state index in [-0.39, 0.29) is 31.2 Å². The number of halogens is 1. The van der Waals surface area contributed by atoms with Gasteiger partial charge in [0.25, 0.3) is 11.8 Å². The molecule has 2 aliphatic heterocycles. The standard InChI is InChI=1S/C24H20ClN3O5/c1-32-20-9-8-15(13-18(20)25)26-23(31)24-11-10-21(29)28(24)19-7-3-2-6-17(19)22(30)27(24)14-16-5-4-12-33-16/h2-9,12-13H,10-11,14H2,1H3,(H,26,31)/t24-/m0/s1. The van der Waals surface area contributed by atoms with Crippen LogP contribution in [0.25, 0.3) is 0 Å². The molecular formula is C24H20ClN3O5. The van der Waals surface area contributed by atoms with Crippen molar-refractivity contribution in [2.24, 2.45) is 0 Å². The molecule has 2 aromatic carbocycles. The number of amides is 3. The molecule has 1 atom stereocenters. The fraction of sp³-hybridized carbons (Fsp3) is 0.208. The number of anilines is 2. The Kier molecular flexibility index (Phi) is 5.09. The second-order valence-electron chi connectivity index (χ2n) is 7.84. The number of nitrogens with one attached hydrogen (secondary N) is 1. The van der Waals surface area contributed by atoms with Crippen LogP contribution < -0.4 is 15.0 Å². The van der Waals surface area contributed by atoms with E-state index in [2.05, 4.69) is 5.32 Å². The van der Waals surface area contributed by atoms with E-state index in [1.807, 2.05) is 0 Å². The van der Waals surface area contributed by atoms with Crippen molar-refractivity contribution in [2.75, 3.05) is 17.3 Å². The van der Waals surface area contributed by atoms with E-state index in [0.717, 1.165) is 0 Å². The molecule has 1 N–H and O–H groups in total. The molecule has 9 heteroatoms. The number of methoxy groups -OCH3 is 1. The molecule has 1 saturated heterocycles. The Balaban J connectivity index is 1.62. The summed E-state index contributed by atoms with van der Waals surface area (Å²) in [6.07, 6.45) is 1.76. The van der Waals surface area contributed by atoms with Gasteiger partial charge in [-0.15, -0.1) is 0 Å². The van der Waals surface area contributed by atoms with Gasteiger partial charge in [0.05, 0.1) is 36.2 Å². The van der Waals surface area contributed by atoms with Crippen molar-refractivity contribution >= 4 is 40.7 Å². The Morgan fingerprint density at radius 2 is 2.00 bits per heavy atom. The van der Waals surface area contributed by atoms with Crippen LogP contribution in [0, 0.1) is 0 Å². The molecule has 168 valence electrons. The van der Waals surface area contributed by atoms with Crippen LogP contribution in [0.3, 0.4) is 0 Å². The van der Waals surface area contributed by atoms with Crippen molar-refractivity contribution in [2.45, 2.75) is 25.0 Å². The molecule has 33 heavy (non-hydrogen) atoms. The molecule has 1 fully saturated rings. The zero-order chi connectivity index (χ0) is 23.2. The number of benzene rings is 2. The zero-order valence-electron chi connectivity index (χ0n) is 17.7. The maximum Gasteiger partial charge on any atom is 0.271 e. The maximum absolute atomic E-state index is 13.9. The highest BCUT2D eigenvalue weighted by Gasteiger charge is 2.61. The van der Waals surface area contributed by atoms with Gasteiger partial charge in [0.2, 0.25) is 11.6 Å². The second kappa shape index (κ2) is 7.97. The molecule has 0 bridgehead atoms. The lowest BCUT2D eigenvalue weighted by molar-refractivity contribution is -0.129. The summed E-state index contributed by atoms with van der Waals surface area (Å²) in [5.74, 6) is -0.129. The highest BCUT2D eigenvalue weighted by atomic mass is 35.5. The number of carbonyl (C=O) groups is 3. The summed E-state index contributed by atoms with van der Waals surface area (Å²) in [6.45, 7) is 0.0285. The van der Waals surface area contributed by atoms with Gasteiger partial charge in [0.15, 0.2) is 0 Å². The molecule has 0 unspecified atom stereocenters. The van der Waals surface area contributed by atoms with Crippen LogP contribution in [0.15, 0.2) is 65.3 Å². The van der Waals surface area contributed by atoms with Crippen molar-refractivity contribution in [3.63, 3.8) is 0 Å². The molecular weight excluding hydrogens is 446 g/mol. The fourth-order valence-corrected chi connectivity index (χ4v) is 4.79. The first-order chi connectivity index (χ1) is 16.0. The first kappa shape index (κ1) is 21.1. The monoisotopic (exact) mass is 465 g/mol. The third kappa shape index (κ3) is 3.25. The lowest BCUT2D eigenvalue weighted by Gasteiger charge is -2.48. The van der Waals surface area contributed by atoms with E-state index >= 15 is 0 Å². The molecule has 5 rings (SSSR count). The van der Waals surface area contributed by atoms with Crippen LogP contribution >= 0.6 is 11.6 Å². The van der Waals surface area contributed by atoms with E-state index in [9.17, 15) is 14.4 Å². The average molecular weight is 466 g/mol. The minimum Gasteiger partial charge on any atom is -0.495 e. The molecule has 0 radical (unpaired) electrons. The van der Waals surface area contributed by atoms with Gasteiger partial charge >= 0.3 is 0 Å². The van der Waals surface area contributed by atoms with Crippen LogP contribution in [0.5, 0.6) is 5.75 Å². The van der Waals surface area contributed by atoms with E-state index < -0.39 is 11.6 Å². The van der Waals surface area contributed by atoms with Gasteiger partial charge < -0.3 is 14.5 Å². The lowest BCUT2D eigenvalue weighted by Crippen LogP contribution is -2.69. The predicted octanol–water partition coefficient (Wildman–Crippen LogP) is 4.06. The zero-order valence-corrected chi connectivity index (χ0v) is 18.5. The Labute approximate surface area is 194 Å². The summed E-state index contributed by atoms with van der Waals surface area (Å²) >= 11 is 6.23. The topological polar surface area (TPSA) is 92.1 Å². The van der Waals surface area contributed by atoms with Gasteiger partial charge in [-0.05, 0) is 42.5 Å². The minimum absolute atomic E-state index is 0.0285. The molecule has 8 nitrogen and oxygen atoms in total. The van der Waals surface area contributed by atoms with Crippen molar-refractivity contribution in [3.05, 3.63) is 77.2 Å². The number of carbonyl (C=O) groups excluding carboxylic acids is 3. The van der Waals surface area contributed by atoms with Gasteiger partial charge in [-0.1, -0.05) is 23.7 Å². The van der Waals surface area contributed by atoms with Crippen LogP contribution in [0.4, 0.5) is 11.4 Å². The number of para-hydroxylation sites is 1. The third-order valence-electron chi connectivity index (χ3n) is 6.04. The van der Waals surface area contributed by atoms with E-state index in [4.69, 9.17) is 20.8 Å². The Morgan fingerprint density at radius 1 is 1.18 bits per heavy atom. The summed E-state index contributed by atoms with van der Waals surface area (Å²) in [6, 6.07) is 15.1. The number of ether oxygens (including phenoxy) is 1.